The largest absolute Gasteiger partial charge is 0.508 e. The van der Waals surface area contributed by atoms with Gasteiger partial charge in [0.15, 0.2) is 0 Å². The van der Waals surface area contributed by atoms with Gasteiger partial charge in [0, 0.05) is 5.41 Å². The van der Waals surface area contributed by atoms with Crippen LogP contribution >= 0.6 is 0 Å². The first-order valence-electron chi connectivity index (χ1n) is 10.4. The van der Waals surface area contributed by atoms with Gasteiger partial charge in [0.2, 0.25) is 0 Å². The highest BCUT2D eigenvalue weighted by Crippen LogP contribution is 2.64. The van der Waals surface area contributed by atoms with Crippen LogP contribution in [0.2, 0.25) is 19.6 Å². The van der Waals surface area contributed by atoms with Crippen molar-refractivity contribution in [3.05, 3.63) is 41.1 Å². The van der Waals surface area contributed by atoms with E-state index in [4.69, 9.17) is 0 Å². The molecular formula is C23H34O2Si. The number of hydrogen-bond donors (Lipinski definition) is 2. The van der Waals surface area contributed by atoms with Crippen molar-refractivity contribution >= 4 is 8.07 Å². The number of rotatable bonds is 2. The van der Waals surface area contributed by atoms with E-state index in [1.54, 1.807) is 0 Å². The van der Waals surface area contributed by atoms with Gasteiger partial charge in [0.25, 0.3) is 0 Å². The van der Waals surface area contributed by atoms with Gasteiger partial charge < -0.3 is 10.2 Å². The van der Waals surface area contributed by atoms with Crippen LogP contribution in [0.25, 0.3) is 0 Å². The molecule has 3 aliphatic rings. The molecule has 3 aliphatic carbocycles. The summed E-state index contributed by atoms with van der Waals surface area (Å²) in [6, 6.07) is 5.99. The van der Waals surface area contributed by atoms with Gasteiger partial charge in [-0.3, -0.25) is 0 Å². The minimum Gasteiger partial charge on any atom is -0.508 e. The van der Waals surface area contributed by atoms with Crippen LogP contribution < -0.4 is 0 Å². The lowest BCUT2D eigenvalue weighted by Crippen LogP contribution is -2.50. The summed E-state index contributed by atoms with van der Waals surface area (Å²) < 4.78 is 0. The predicted octanol–water partition coefficient (Wildman–Crippen LogP) is 5.41. The summed E-state index contributed by atoms with van der Waals surface area (Å²) in [6.45, 7) is 9.38. The molecule has 0 bridgehead atoms. The van der Waals surface area contributed by atoms with Gasteiger partial charge in [-0.25, -0.2) is 0 Å². The number of aliphatic hydroxyl groups is 1. The van der Waals surface area contributed by atoms with Crippen LogP contribution in [0.15, 0.2) is 30.0 Å². The van der Waals surface area contributed by atoms with Crippen molar-refractivity contribution in [2.45, 2.75) is 76.6 Å². The quantitative estimate of drug-likeness (QED) is 0.683. The van der Waals surface area contributed by atoms with Crippen LogP contribution in [0.3, 0.4) is 0 Å². The highest BCUT2D eigenvalue weighted by molar-refractivity contribution is 6.80. The van der Waals surface area contributed by atoms with Crippen molar-refractivity contribution in [1.82, 2.24) is 0 Å². The molecule has 26 heavy (non-hydrogen) atoms. The third-order valence-corrected chi connectivity index (χ3v) is 8.95. The van der Waals surface area contributed by atoms with E-state index in [2.05, 4.69) is 44.4 Å². The summed E-state index contributed by atoms with van der Waals surface area (Å²) in [4.78, 5) is 0. The fraction of sp³-hybridized carbons (Fsp3) is 0.652. The molecule has 2 nitrogen and oxygen atoms in total. The fourth-order valence-electron chi connectivity index (χ4n) is 6.28. The number of phenolic OH excluding ortho intramolecular Hbond substituents is 1. The van der Waals surface area contributed by atoms with Gasteiger partial charge in [0.1, 0.15) is 5.75 Å². The molecule has 2 fully saturated rings. The Labute approximate surface area is 159 Å². The third-order valence-electron chi connectivity index (χ3n) is 7.78. The maximum atomic E-state index is 11.6. The molecular weight excluding hydrogens is 336 g/mol. The molecule has 2 saturated carbocycles. The number of fused-ring (bicyclic) bond motifs is 5. The molecule has 0 amide bonds. The minimum absolute atomic E-state index is 0.0126. The predicted molar refractivity (Wildman–Crippen MR) is 110 cm³/mol. The maximum Gasteiger partial charge on any atom is 0.115 e. The smallest absolute Gasteiger partial charge is 0.115 e. The molecule has 0 spiro atoms. The van der Waals surface area contributed by atoms with E-state index in [-0.39, 0.29) is 5.41 Å². The Bertz CT molecular complexity index is 734. The second kappa shape index (κ2) is 5.97. The summed E-state index contributed by atoms with van der Waals surface area (Å²) in [6.07, 6.45) is 8.81. The van der Waals surface area contributed by atoms with Crippen molar-refractivity contribution in [1.29, 1.82) is 0 Å². The van der Waals surface area contributed by atoms with Gasteiger partial charge in [-0.05, 0) is 79.5 Å². The van der Waals surface area contributed by atoms with Gasteiger partial charge in [-0.1, -0.05) is 44.4 Å². The van der Waals surface area contributed by atoms with E-state index in [0.717, 1.165) is 25.7 Å². The molecule has 0 radical (unpaired) electrons. The maximum absolute atomic E-state index is 11.6. The number of phenols is 1. The third kappa shape index (κ3) is 2.79. The fourth-order valence-corrected chi connectivity index (χ4v) is 7.06. The molecule has 0 aliphatic heterocycles. The van der Waals surface area contributed by atoms with Crippen molar-refractivity contribution in [3.8, 4) is 5.75 Å². The molecule has 0 aromatic heterocycles. The molecule has 4 rings (SSSR count). The standard InChI is InChI=1S/C23H34O2Si/c1-22-11-9-19-18-8-6-17(24)15-16(18)5-7-20(19)21(22)10-12-23(22,25)13-14-26(2,3)4/h6,8,13-15,19-21,24-25H,5,7,9-12H2,1-4H3/b14-13+/t19-,20-,21+,22+,23-/m1/s1. The molecule has 0 heterocycles. The summed E-state index contributed by atoms with van der Waals surface area (Å²) in [5.41, 5.74) is 4.55. The molecule has 3 heteroatoms. The number of benzene rings is 1. The van der Waals surface area contributed by atoms with Gasteiger partial charge >= 0.3 is 0 Å². The zero-order valence-corrected chi connectivity index (χ0v) is 17.8. The van der Waals surface area contributed by atoms with Crippen LogP contribution in [-0.2, 0) is 6.42 Å². The Morgan fingerprint density at radius 1 is 1.12 bits per heavy atom. The van der Waals surface area contributed by atoms with Gasteiger partial charge in [-0.2, -0.15) is 0 Å². The zero-order valence-electron chi connectivity index (χ0n) is 16.8. The van der Waals surface area contributed by atoms with Crippen molar-refractivity contribution < 1.29 is 10.2 Å². The Morgan fingerprint density at radius 2 is 1.88 bits per heavy atom. The topological polar surface area (TPSA) is 40.5 Å². The second-order valence-corrected chi connectivity index (χ2v) is 15.5. The van der Waals surface area contributed by atoms with Crippen molar-refractivity contribution in [2.24, 2.45) is 17.3 Å². The Kier molecular flexibility index (Phi) is 4.20. The molecule has 0 unspecified atom stereocenters. The normalized spacial score (nSPS) is 39.5. The Morgan fingerprint density at radius 3 is 2.62 bits per heavy atom. The van der Waals surface area contributed by atoms with Crippen LogP contribution in [0.5, 0.6) is 5.75 Å². The monoisotopic (exact) mass is 370 g/mol. The van der Waals surface area contributed by atoms with Gasteiger partial charge in [0.05, 0.1) is 13.7 Å². The first-order chi connectivity index (χ1) is 12.1. The average Bonchev–Trinajstić information content (AvgIpc) is 2.84. The molecule has 1 aromatic carbocycles. The first-order valence-corrected chi connectivity index (χ1v) is 14.0. The Balaban J connectivity index is 1.65. The summed E-state index contributed by atoms with van der Waals surface area (Å²) in [7, 11) is -1.31. The lowest BCUT2D eigenvalue weighted by Gasteiger charge is -2.52. The van der Waals surface area contributed by atoms with Gasteiger partial charge in [-0.15, -0.1) is 0 Å². The van der Waals surface area contributed by atoms with Crippen LogP contribution in [0.4, 0.5) is 0 Å². The number of aromatic hydroxyl groups is 1. The summed E-state index contributed by atoms with van der Waals surface area (Å²) >= 11 is 0. The van der Waals surface area contributed by atoms with Crippen molar-refractivity contribution in [3.63, 3.8) is 0 Å². The lowest BCUT2D eigenvalue weighted by atomic mass is 9.53. The molecule has 5 atom stereocenters. The summed E-state index contributed by atoms with van der Waals surface area (Å²) in [5.74, 6) is 2.30. The second-order valence-electron chi connectivity index (χ2n) is 10.4. The molecule has 1 aromatic rings. The SMILES string of the molecule is C[C@]12CC[C@@H]3c4ccc(O)cc4CC[C@H]3[C@@H]1CC[C@@]2(O)/C=C/[Si](C)(C)C. The molecule has 142 valence electrons. The van der Waals surface area contributed by atoms with Crippen LogP contribution in [-0.4, -0.2) is 23.9 Å². The number of aryl methyl sites for hydroxylation is 1. The van der Waals surface area contributed by atoms with E-state index in [9.17, 15) is 10.2 Å². The number of hydrogen-bond acceptors (Lipinski definition) is 2. The first kappa shape index (κ1) is 18.3. The van der Waals surface area contributed by atoms with Crippen LogP contribution in [0.1, 0.15) is 56.1 Å². The minimum atomic E-state index is -1.31. The highest BCUT2D eigenvalue weighted by Gasteiger charge is 2.60. The molecule has 0 saturated heterocycles. The Hall–Kier alpha value is -1.06. The average molecular weight is 371 g/mol. The van der Waals surface area contributed by atoms with Crippen molar-refractivity contribution in [2.75, 3.05) is 0 Å². The van der Waals surface area contributed by atoms with Crippen LogP contribution in [0, 0.1) is 17.3 Å². The zero-order chi connectivity index (χ0) is 18.7. The van der Waals surface area contributed by atoms with E-state index in [0.29, 0.717) is 23.5 Å². The van der Waals surface area contributed by atoms with E-state index >= 15 is 0 Å². The van der Waals surface area contributed by atoms with E-state index in [1.807, 2.05) is 12.1 Å². The molecule has 2 N–H and O–H groups in total. The summed E-state index contributed by atoms with van der Waals surface area (Å²) in [5, 5.41) is 21.5. The van der Waals surface area contributed by atoms with E-state index in [1.165, 1.54) is 24.0 Å². The highest BCUT2D eigenvalue weighted by atomic mass is 28.3. The lowest BCUT2D eigenvalue weighted by molar-refractivity contribution is -0.0709. The van der Waals surface area contributed by atoms with E-state index < -0.39 is 13.7 Å².